The van der Waals surface area contributed by atoms with Crippen LogP contribution in [-0.2, 0) is 5.92 Å². The molecule has 4 aromatic heterocycles. The van der Waals surface area contributed by atoms with Crippen molar-refractivity contribution in [3.8, 4) is 10.6 Å². The molecular formula is C18H10F2N4OS. The Hall–Kier alpha value is -3.13. The lowest BCUT2D eigenvalue weighted by atomic mass is 10.1. The van der Waals surface area contributed by atoms with E-state index in [0.29, 0.717) is 16.7 Å². The van der Waals surface area contributed by atoms with Gasteiger partial charge in [-0.3, -0.25) is 0 Å². The Balaban J connectivity index is 1.68. The van der Waals surface area contributed by atoms with Crippen LogP contribution in [0.2, 0.25) is 0 Å². The summed E-state index contributed by atoms with van der Waals surface area (Å²) in [5.74, 6) is -3.87. The highest BCUT2D eigenvalue weighted by molar-refractivity contribution is 7.13. The van der Waals surface area contributed by atoms with Crippen LogP contribution in [0, 0.1) is 0 Å². The molecule has 5 nitrogen and oxygen atoms in total. The molecule has 0 saturated heterocycles. The van der Waals surface area contributed by atoms with Gasteiger partial charge in [0.05, 0.1) is 11.1 Å². The first-order chi connectivity index (χ1) is 12.6. The highest BCUT2D eigenvalue weighted by atomic mass is 32.1. The first kappa shape index (κ1) is 15.2. The third-order valence-electron chi connectivity index (χ3n) is 4.13. The van der Waals surface area contributed by atoms with Gasteiger partial charge in [-0.1, -0.05) is 6.07 Å². The zero-order valence-electron chi connectivity index (χ0n) is 13.1. The number of nitrogens with zero attached hydrogens (tertiary/aromatic N) is 4. The molecule has 0 unspecified atom stereocenters. The van der Waals surface area contributed by atoms with E-state index in [0.717, 1.165) is 9.39 Å². The van der Waals surface area contributed by atoms with E-state index in [4.69, 9.17) is 4.42 Å². The van der Waals surface area contributed by atoms with Crippen LogP contribution >= 0.6 is 11.3 Å². The molecular weight excluding hydrogens is 358 g/mol. The predicted octanol–water partition coefficient (Wildman–Crippen LogP) is 4.74. The number of thiophene rings is 1. The van der Waals surface area contributed by atoms with Gasteiger partial charge in [0.2, 0.25) is 5.82 Å². The number of alkyl halides is 2. The molecule has 0 bridgehead atoms. The predicted molar refractivity (Wildman–Crippen MR) is 93.3 cm³/mol. The van der Waals surface area contributed by atoms with Gasteiger partial charge in [0, 0.05) is 10.9 Å². The average Bonchev–Trinajstić information content (AvgIpc) is 3.39. The molecule has 128 valence electrons. The first-order valence-corrected chi connectivity index (χ1v) is 8.63. The van der Waals surface area contributed by atoms with Crippen molar-refractivity contribution < 1.29 is 13.2 Å². The Morgan fingerprint density at radius 3 is 2.81 bits per heavy atom. The number of aromatic nitrogens is 4. The smallest absolute Gasteiger partial charge is 0.333 e. The number of hydrogen-bond donors (Lipinski definition) is 0. The molecule has 5 rings (SSSR count). The summed E-state index contributed by atoms with van der Waals surface area (Å²) in [6.45, 7) is 0. The monoisotopic (exact) mass is 368 g/mol. The fraction of sp³-hybridized carbons (Fsp3) is 0.0556. The third kappa shape index (κ3) is 2.22. The van der Waals surface area contributed by atoms with Crippen molar-refractivity contribution in [2.75, 3.05) is 0 Å². The third-order valence-corrected chi connectivity index (χ3v) is 5.02. The Morgan fingerprint density at radius 1 is 1.04 bits per heavy atom. The minimum atomic E-state index is -3.36. The average molecular weight is 368 g/mol. The highest BCUT2D eigenvalue weighted by Gasteiger charge is 2.40. The van der Waals surface area contributed by atoms with Crippen molar-refractivity contribution in [2.45, 2.75) is 5.92 Å². The fourth-order valence-electron chi connectivity index (χ4n) is 2.83. The minimum absolute atomic E-state index is 0.191. The van der Waals surface area contributed by atoms with Crippen LogP contribution in [0.4, 0.5) is 8.78 Å². The molecule has 1 aromatic carbocycles. The Labute approximate surface area is 149 Å². The van der Waals surface area contributed by atoms with E-state index in [2.05, 4.69) is 15.3 Å². The highest BCUT2D eigenvalue weighted by Crippen LogP contribution is 2.36. The largest absolute Gasteiger partial charge is 0.464 e. The lowest BCUT2D eigenvalue weighted by Gasteiger charge is -2.14. The molecule has 4 heterocycles. The van der Waals surface area contributed by atoms with Gasteiger partial charge in [0.1, 0.15) is 11.3 Å². The maximum Gasteiger partial charge on any atom is 0.333 e. The molecule has 0 fully saturated rings. The number of hydrogen-bond acceptors (Lipinski definition) is 5. The molecule has 0 saturated carbocycles. The van der Waals surface area contributed by atoms with E-state index < -0.39 is 11.7 Å². The van der Waals surface area contributed by atoms with Crippen LogP contribution in [0.15, 0.2) is 64.6 Å². The summed E-state index contributed by atoms with van der Waals surface area (Å²) in [7, 11) is 0. The van der Waals surface area contributed by atoms with Crippen LogP contribution in [0.5, 0.6) is 0 Å². The molecule has 5 aromatic rings. The molecule has 0 spiro atoms. The summed E-state index contributed by atoms with van der Waals surface area (Å²) in [4.78, 5) is 0.884. The first-order valence-electron chi connectivity index (χ1n) is 7.75. The topological polar surface area (TPSA) is 56.2 Å². The number of rotatable bonds is 3. The van der Waals surface area contributed by atoms with Crippen molar-refractivity contribution in [2.24, 2.45) is 0 Å². The summed E-state index contributed by atoms with van der Waals surface area (Å²) < 4.78 is 36.7. The van der Waals surface area contributed by atoms with Crippen LogP contribution in [0.3, 0.4) is 0 Å². The maximum absolute atomic E-state index is 15.2. The van der Waals surface area contributed by atoms with E-state index in [-0.39, 0.29) is 11.2 Å². The van der Waals surface area contributed by atoms with Crippen LogP contribution in [-0.4, -0.2) is 19.8 Å². The van der Waals surface area contributed by atoms with Gasteiger partial charge < -0.3 is 4.42 Å². The van der Waals surface area contributed by atoms with Crippen molar-refractivity contribution in [3.05, 3.63) is 71.6 Å². The van der Waals surface area contributed by atoms with E-state index in [9.17, 15) is 0 Å². The lowest BCUT2D eigenvalue weighted by Crippen LogP contribution is -2.20. The zero-order chi connectivity index (χ0) is 17.7. The van der Waals surface area contributed by atoms with Crippen LogP contribution < -0.4 is 0 Å². The number of halogens is 2. The van der Waals surface area contributed by atoms with Gasteiger partial charge in [0.25, 0.3) is 0 Å². The molecule has 0 aliphatic carbocycles. The molecule has 0 radical (unpaired) electrons. The molecule has 26 heavy (non-hydrogen) atoms. The maximum atomic E-state index is 15.2. The normalized spacial score (nSPS) is 12.2. The zero-order valence-corrected chi connectivity index (χ0v) is 14.0. The fourth-order valence-corrected chi connectivity index (χ4v) is 3.52. The van der Waals surface area contributed by atoms with Gasteiger partial charge in [-0.2, -0.15) is 18.4 Å². The van der Waals surface area contributed by atoms with E-state index in [1.165, 1.54) is 35.8 Å². The summed E-state index contributed by atoms with van der Waals surface area (Å²) >= 11 is 1.48. The summed E-state index contributed by atoms with van der Waals surface area (Å²) in [5, 5.41) is 14.4. The number of furan rings is 1. The van der Waals surface area contributed by atoms with E-state index in [1.54, 1.807) is 18.2 Å². The SMILES string of the molecule is FC(F)(c1ccc2occc2c1)c1nnc2ccc(-c3cccs3)nn12. The van der Waals surface area contributed by atoms with E-state index >= 15 is 8.78 Å². The van der Waals surface area contributed by atoms with Crippen molar-refractivity contribution in [3.63, 3.8) is 0 Å². The molecule has 0 amide bonds. The van der Waals surface area contributed by atoms with Crippen molar-refractivity contribution in [1.29, 1.82) is 0 Å². The molecule has 0 N–H and O–H groups in total. The summed E-state index contributed by atoms with van der Waals surface area (Å²) in [6.07, 6.45) is 1.47. The van der Waals surface area contributed by atoms with E-state index in [1.807, 2.05) is 17.5 Å². The van der Waals surface area contributed by atoms with Gasteiger partial charge in [0.15, 0.2) is 5.65 Å². The summed E-state index contributed by atoms with van der Waals surface area (Å²) in [6, 6.07) is 13.0. The Bertz CT molecular complexity index is 1230. The quantitative estimate of drug-likeness (QED) is 0.462. The van der Waals surface area contributed by atoms with Gasteiger partial charge in [-0.25, -0.2) is 0 Å². The Kier molecular flexibility index (Phi) is 3.17. The standard InChI is InChI=1S/C18H10F2N4OS/c19-18(20,12-3-5-14-11(10-12)7-8-25-14)17-22-21-16-6-4-13(23-24(16)17)15-2-1-9-26-15/h1-10H. The van der Waals surface area contributed by atoms with Crippen LogP contribution in [0.1, 0.15) is 11.4 Å². The molecule has 0 atom stereocenters. The van der Waals surface area contributed by atoms with Crippen LogP contribution in [0.25, 0.3) is 27.2 Å². The second-order valence-electron chi connectivity index (χ2n) is 5.74. The molecule has 0 aliphatic heterocycles. The Morgan fingerprint density at radius 2 is 1.96 bits per heavy atom. The van der Waals surface area contributed by atoms with Gasteiger partial charge in [-0.05, 0) is 47.8 Å². The lowest BCUT2D eigenvalue weighted by molar-refractivity contribution is 0.0307. The number of fused-ring (bicyclic) bond motifs is 2. The van der Waals surface area contributed by atoms with Gasteiger partial charge >= 0.3 is 5.92 Å². The number of benzene rings is 1. The van der Waals surface area contributed by atoms with Crippen molar-refractivity contribution >= 4 is 28.0 Å². The molecule has 0 aliphatic rings. The molecule has 8 heteroatoms. The second-order valence-corrected chi connectivity index (χ2v) is 6.68. The van der Waals surface area contributed by atoms with Crippen molar-refractivity contribution in [1.82, 2.24) is 19.8 Å². The summed E-state index contributed by atoms with van der Waals surface area (Å²) in [5.41, 5.74) is 1.22. The van der Waals surface area contributed by atoms with Gasteiger partial charge in [-0.15, -0.1) is 21.5 Å². The second kappa shape index (κ2) is 5.43. The minimum Gasteiger partial charge on any atom is -0.464 e.